The summed E-state index contributed by atoms with van der Waals surface area (Å²) in [6, 6.07) is 1.73. The number of likely N-dealkylation sites (tertiary alicyclic amines) is 1. The Bertz CT molecular complexity index is 578. The summed E-state index contributed by atoms with van der Waals surface area (Å²) in [4.78, 5) is 29.1. The van der Waals surface area contributed by atoms with Gasteiger partial charge in [0.15, 0.2) is 6.10 Å². The standard InChI is InChI=1S/C17H26N4O3/c1-2-21-14(7-8-18-21)16(22)20-11-12-24-15(13-20)17(23)19-9-5-3-4-6-10-19/h7-8,15H,2-6,9-13H2,1H3/t15-/m1/s1. The summed E-state index contributed by atoms with van der Waals surface area (Å²) in [5.74, 6) is -0.0512. The average molecular weight is 334 g/mol. The second-order valence-electron chi connectivity index (χ2n) is 6.38. The summed E-state index contributed by atoms with van der Waals surface area (Å²) in [6.45, 7) is 5.44. The Balaban J connectivity index is 1.65. The normalized spacial score (nSPS) is 22.3. The second kappa shape index (κ2) is 7.79. The lowest BCUT2D eigenvalue weighted by molar-refractivity contribution is -0.148. The molecule has 0 aliphatic carbocycles. The van der Waals surface area contributed by atoms with E-state index in [9.17, 15) is 9.59 Å². The van der Waals surface area contributed by atoms with Crippen molar-refractivity contribution < 1.29 is 14.3 Å². The van der Waals surface area contributed by atoms with E-state index in [2.05, 4.69) is 5.10 Å². The zero-order valence-electron chi connectivity index (χ0n) is 14.3. The van der Waals surface area contributed by atoms with Crippen LogP contribution in [0.15, 0.2) is 12.3 Å². The first-order valence-electron chi connectivity index (χ1n) is 8.92. The summed E-state index contributed by atoms with van der Waals surface area (Å²) >= 11 is 0. The van der Waals surface area contributed by atoms with Crippen LogP contribution in [-0.2, 0) is 16.1 Å². The van der Waals surface area contributed by atoms with Gasteiger partial charge < -0.3 is 14.5 Å². The molecular weight excluding hydrogens is 308 g/mol. The van der Waals surface area contributed by atoms with Crippen LogP contribution in [0.5, 0.6) is 0 Å². The average Bonchev–Trinajstić information content (AvgIpc) is 2.94. The van der Waals surface area contributed by atoms with Crippen LogP contribution in [-0.4, -0.2) is 70.3 Å². The Hall–Kier alpha value is -1.89. The molecule has 1 aromatic heterocycles. The molecule has 0 bridgehead atoms. The van der Waals surface area contributed by atoms with E-state index in [0.29, 0.717) is 31.9 Å². The highest BCUT2D eigenvalue weighted by atomic mass is 16.5. The number of hydrogen-bond acceptors (Lipinski definition) is 4. The van der Waals surface area contributed by atoms with Gasteiger partial charge in [0, 0.05) is 32.4 Å². The maximum atomic E-state index is 12.7. The van der Waals surface area contributed by atoms with Gasteiger partial charge in [-0.2, -0.15) is 5.10 Å². The smallest absolute Gasteiger partial charge is 0.272 e. The molecule has 0 saturated carbocycles. The summed E-state index contributed by atoms with van der Waals surface area (Å²) in [5, 5.41) is 4.15. The maximum Gasteiger partial charge on any atom is 0.272 e. The molecule has 7 nitrogen and oxygen atoms in total. The van der Waals surface area contributed by atoms with Gasteiger partial charge >= 0.3 is 0 Å². The minimum absolute atomic E-state index is 0.0263. The highest BCUT2D eigenvalue weighted by Crippen LogP contribution is 2.16. The quantitative estimate of drug-likeness (QED) is 0.831. The molecule has 132 valence electrons. The number of carbonyl (C=O) groups is 2. The molecule has 1 aromatic rings. The van der Waals surface area contributed by atoms with Crippen molar-refractivity contribution in [3.63, 3.8) is 0 Å². The molecule has 1 atom stereocenters. The Morgan fingerprint density at radius 1 is 1.17 bits per heavy atom. The van der Waals surface area contributed by atoms with E-state index >= 15 is 0 Å². The van der Waals surface area contributed by atoms with Gasteiger partial charge in [-0.15, -0.1) is 0 Å². The highest BCUT2D eigenvalue weighted by molar-refractivity contribution is 5.93. The molecule has 2 aliphatic heterocycles. The molecule has 0 unspecified atom stereocenters. The summed E-state index contributed by atoms with van der Waals surface area (Å²) in [6.07, 6.45) is 5.56. The van der Waals surface area contributed by atoms with E-state index in [1.807, 2.05) is 11.8 Å². The Kier molecular flexibility index (Phi) is 5.50. The van der Waals surface area contributed by atoms with Crippen molar-refractivity contribution in [2.45, 2.75) is 45.3 Å². The molecule has 0 aromatic carbocycles. The lowest BCUT2D eigenvalue weighted by atomic mass is 10.2. The molecule has 3 heterocycles. The third kappa shape index (κ3) is 3.61. The first-order chi connectivity index (χ1) is 11.7. The maximum absolute atomic E-state index is 12.7. The predicted molar refractivity (Wildman–Crippen MR) is 88.6 cm³/mol. The molecular formula is C17H26N4O3. The molecule has 7 heteroatoms. The van der Waals surface area contributed by atoms with Gasteiger partial charge in [-0.25, -0.2) is 0 Å². The SMILES string of the molecule is CCn1nccc1C(=O)N1CCO[C@@H](C(=O)N2CCCCCC2)C1. The second-order valence-corrected chi connectivity index (χ2v) is 6.38. The van der Waals surface area contributed by atoms with E-state index in [4.69, 9.17) is 4.74 Å². The number of nitrogens with zero attached hydrogens (tertiary/aromatic N) is 4. The van der Waals surface area contributed by atoms with Gasteiger partial charge in [0.2, 0.25) is 0 Å². The van der Waals surface area contributed by atoms with Crippen LogP contribution in [0, 0.1) is 0 Å². The van der Waals surface area contributed by atoms with Gasteiger partial charge in [-0.3, -0.25) is 14.3 Å². The van der Waals surface area contributed by atoms with Gasteiger partial charge in [-0.05, 0) is 25.8 Å². The number of aromatic nitrogens is 2. The van der Waals surface area contributed by atoms with E-state index in [1.165, 1.54) is 12.8 Å². The lowest BCUT2D eigenvalue weighted by Gasteiger charge is -2.34. The van der Waals surface area contributed by atoms with Crippen LogP contribution < -0.4 is 0 Å². The van der Waals surface area contributed by atoms with Crippen molar-refractivity contribution in [3.05, 3.63) is 18.0 Å². The Morgan fingerprint density at radius 3 is 2.62 bits per heavy atom. The van der Waals surface area contributed by atoms with Gasteiger partial charge in [0.25, 0.3) is 11.8 Å². The fraction of sp³-hybridized carbons (Fsp3) is 0.706. The van der Waals surface area contributed by atoms with Crippen molar-refractivity contribution in [3.8, 4) is 0 Å². The number of hydrogen-bond donors (Lipinski definition) is 0. The molecule has 0 radical (unpaired) electrons. The highest BCUT2D eigenvalue weighted by Gasteiger charge is 2.33. The van der Waals surface area contributed by atoms with E-state index < -0.39 is 6.10 Å². The molecule has 2 saturated heterocycles. The molecule has 2 aliphatic rings. The Morgan fingerprint density at radius 2 is 1.92 bits per heavy atom. The number of amides is 2. The molecule has 0 spiro atoms. The van der Waals surface area contributed by atoms with Crippen LogP contribution in [0.1, 0.15) is 43.1 Å². The lowest BCUT2D eigenvalue weighted by Crippen LogP contribution is -2.53. The largest absolute Gasteiger partial charge is 0.365 e. The van der Waals surface area contributed by atoms with Crippen LogP contribution in [0.25, 0.3) is 0 Å². The number of aryl methyl sites for hydroxylation is 1. The van der Waals surface area contributed by atoms with E-state index in [1.54, 1.807) is 21.8 Å². The first kappa shape index (κ1) is 17.0. The van der Waals surface area contributed by atoms with Gasteiger partial charge in [-0.1, -0.05) is 12.8 Å². The van der Waals surface area contributed by atoms with Crippen molar-refractivity contribution in [1.29, 1.82) is 0 Å². The minimum Gasteiger partial charge on any atom is -0.365 e. The van der Waals surface area contributed by atoms with Crippen LogP contribution >= 0.6 is 0 Å². The van der Waals surface area contributed by atoms with Crippen LogP contribution in [0.3, 0.4) is 0 Å². The van der Waals surface area contributed by atoms with Crippen LogP contribution in [0.4, 0.5) is 0 Å². The third-order valence-electron chi connectivity index (χ3n) is 4.78. The van der Waals surface area contributed by atoms with Crippen molar-refractivity contribution in [1.82, 2.24) is 19.6 Å². The number of morpholine rings is 1. The summed E-state index contributed by atoms with van der Waals surface area (Å²) in [7, 11) is 0. The third-order valence-corrected chi connectivity index (χ3v) is 4.78. The van der Waals surface area contributed by atoms with Crippen LogP contribution in [0.2, 0.25) is 0 Å². The molecule has 0 N–H and O–H groups in total. The fourth-order valence-corrected chi connectivity index (χ4v) is 3.41. The fourth-order valence-electron chi connectivity index (χ4n) is 3.41. The number of ether oxygens (including phenoxy) is 1. The number of rotatable bonds is 3. The monoisotopic (exact) mass is 334 g/mol. The van der Waals surface area contributed by atoms with Gasteiger partial charge in [0.05, 0.1) is 13.2 Å². The zero-order chi connectivity index (χ0) is 16.9. The first-order valence-corrected chi connectivity index (χ1v) is 8.92. The molecule has 2 fully saturated rings. The Labute approximate surface area is 142 Å². The molecule has 2 amide bonds. The topological polar surface area (TPSA) is 67.7 Å². The number of carbonyl (C=O) groups excluding carboxylic acids is 2. The molecule has 3 rings (SSSR count). The summed E-state index contributed by atoms with van der Waals surface area (Å²) in [5.41, 5.74) is 0.570. The summed E-state index contributed by atoms with van der Waals surface area (Å²) < 4.78 is 7.36. The van der Waals surface area contributed by atoms with Crippen molar-refractivity contribution in [2.75, 3.05) is 32.8 Å². The minimum atomic E-state index is -0.543. The predicted octanol–water partition coefficient (Wildman–Crippen LogP) is 1.15. The van der Waals surface area contributed by atoms with Crippen molar-refractivity contribution in [2.24, 2.45) is 0 Å². The van der Waals surface area contributed by atoms with E-state index in [0.717, 1.165) is 25.9 Å². The van der Waals surface area contributed by atoms with Gasteiger partial charge in [0.1, 0.15) is 5.69 Å². The molecule has 24 heavy (non-hydrogen) atoms. The van der Waals surface area contributed by atoms with Crippen molar-refractivity contribution >= 4 is 11.8 Å². The van der Waals surface area contributed by atoms with E-state index in [-0.39, 0.29) is 11.8 Å². The zero-order valence-corrected chi connectivity index (χ0v) is 14.3.